The number of fused-ring (bicyclic) bond motifs is 4. The van der Waals surface area contributed by atoms with Gasteiger partial charge in [-0.25, -0.2) is 9.59 Å². The van der Waals surface area contributed by atoms with Crippen LogP contribution >= 0.6 is 0 Å². The van der Waals surface area contributed by atoms with Crippen molar-refractivity contribution in [3.8, 4) is 0 Å². The van der Waals surface area contributed by atoms with Crippen molar-refractivity contribution >= 4 is 56.1 Å². The third kappa shape index (κ3) is 10.2. The standard InChI is InChI=1S/C53H55NO6/c1-3-37(2)20-12-10-8-6-4-5-7-9-11-13-27-49(60-53(58)45-31-29-39-22-15-17-24-41(39)33-45)48(36-59-52(57)44-30-28-38-21-14-16-23-40(38)32-44)54-50(55)46-34-42-25-18-19-26-43(42)35-47(46)51(54)56/h13-19,21-35,37,48-49H,3-12,20,36H2,1-2H3/b27-13+/t37-,48+,49-/m1/s1. The van der Waals surface area contributed by atoms with Crippen LogP contribution in [-0.4, -0.2) is 47.4 Å². The maximum Gasteiger partial charge on any atom is 0.338 e. The number of rotatable bonds is 20. The fourth-order valence-corrected chi connectivity index (χ4v) is 8.13. The van der Waals surface area contributed by atoms with Gasteiger partial charge >= 0.3 is 11.9 Å². The van der Waals surface area contributed by atoms with Gasteiger partial charge in [-0.1, -0.05) is 163 Å². The molecule has 1 aliphatic heterocycles. The predicted molar refractivity (Wildman–Crippen MR) is 240 cm³/mol. The van der Waals surface area contributed by atoms with E-state index in [1.54, 1.807) is 42.5 Å². The largest absolute Gasteiger partial charge is 0.460 e. The molecule has 0 aliphatic carbocycles. The first-order valence-corrected chi connectivity index (χ1v) is 21.7. The zero-order valence-electron chi connectivity index (χ0n) is 34.8. The van der Waals surface area contributed by atoms with Crippen molar-refractivity contribution in [3.63, 3.8) is 0 Å². The fraction of sp³-hybridized carbons (Fsp3) is 0.321. The maximum atomic E-state index is 14.4. The Morgan fingerprint density at radius 2 is 1.05 bits per heavy atom. The van der Waals surface area contributed by atoms with E-state index in [2.05, 4.69) is 13.8 Å². The lowest BCUT2D eigenvalue weighted by atomic mass is 9.99. The summed E-state index contributed by atoms with van der Waals surface area (Å²) >= 11 is 0. The molecule has 1 aliphatic rings. The predicted octanol–water partition coefficient (Wildman–Crippen LogP) is 12.7. The van der Waals surface area contributed by atoms with Gasteiger partial charge in [-0.15, -0.1) is 0 Å². The van der Waals surface area contributed by atoms with Crippen LogP contribution in [0.5, 0.6) is 0 Å². The summed E-state index contributed by atoms with van der Waals surface area (Å²) < 4.78 is 12.2. The third-order valence-corrected chi connectivity index (χ3v) is 11.9. The van der Waals surface area contributed by atoms with Gasteiger partial charge in [0.15, 0.2) is 0 Å². The minimum Gasteiger partial charge on any atom is -0.460 e. The van der Waals surface area contributed by atoms with E-state index >= 15 is 0 Å². The van der Waals surface area contributed by atoms with E-state index in [0.717, 1.165) is 68.8 Å². The molecule has 0 aromatic heterocycles. The molecule has 6 aromatic rings. The van der Waals surface area contributed by atoms with Crippen LogP contribution in [0.15, 0.2) is 133 Å². The molecule has 60 heavy (non-hydrogen) atoms. The number of nitrogens with zero attached hydrogens (tertiary/aromatic N) is 1. The molecule has 0 saturated heterocycles. The Morgan fingerprint density at radius 1 is 0.583 bits per heavy atom. The smallest absolute Gasteiger partial charge is 0.338 e. The first-order valence-electron chi connectivity index (χ1n) is 21.7. The molecule has 0 fully saturated rings. The van der Waals surface area contributed by atoms with Crippen molar-refractivity contribution in [2.75, 3.05) is 6.61 Å². The van der Waals surface area contributed by atoms with E-state index in [9.17, 15) is 19.2 Å². The van der Waals surface area contributed by atoms with Crippen molar-refractivity contribution in [1.82, 2.24) is 4.90 Å². The van der Waals surface area contributed by atoms with Crippen molar-refractivity contribution in [2.45, 2.75) is 96.6 Å². The van der Waals surface area contributed by atoms with Gasteiger partial charge < -0.3 is 9.47 Å². The van der Waals surface area contributed by atoms with Gasteiger partial charge in [-0.05, 0) is 93.6 Å². The Balaban J connectivity index is 1.13. The minimum atomic E-state index is -1.16. The van der Waals surface area contributed by atoms with Gasteiger partial charge in [0, 0.05) is 0 Å². The highest BCUT2D eigenvalue weighted by atomic mass is 16.6. The van der Waals surface area contributed by atoms with Gasteiger partial charge in [0.05, 0.1) is 22.3 Å². The summed E-state index contributed by atoms with van der Waals surface area (Å²) in [6, 6.07) is 35.9. The summed E-state index contributed by atoms with van der Waals surface area (Å²) in [5.41, 5.74) is 1.16. The van der Waals surface area contributed by atoms with Crippen molar-refractivity contribution in [2.24, 2.45) is 5.92 Å². The molecule has 0 spiro atoms. The highest BCUT2D eigenvalue weighted by Gasteiger charge is 2.44. The first-order chi connectivity index (χ1) is 29.3. The molecule has 0 radical (unpaired) electrons. The average Bonchev–Trinajstić information content (AvgIpc) is 3.52. The number of amides is 2. The van der Waals surface area contributed by atoms with Crippen molar-refractivity contribution in [3.05, 3.63) is 156 Å². The fourth-order valence-electron chi connectivity index (χ4n) is 8.13. The van der Waals surface area contributed by atoms with Gasteiger partial charge in [0.25, 0.3) is 11.8 Å². The molecule has 308 valence electrons. The Hall–Kier alpha value is -6.08. The highest BCUT2D eigenvalue weighted by molar-refractivity contribution is 6.23. The molecule has 7 nitrogen and oxygen atoms in total. The topological polar surface area (TPSA) is 90.0 Å². The van der Waals surface area contributed by atoms with Crippen LogP contribution in [0.1, 0.15) is 126 Å². The van der Waals surface area contributed by atoms with E-state index in [1.807, 2.05) is 91.0 Å². The number of allylic oxidation sites excluding steroid dienone is 1. The van der Waals surface area contributed by atoms with Crippen LogP contribution in [0.4, 0.5) is 0 Å². The summed E-state index contributed by atoms with van der Waals surface area (Å²) in [5, 5.41) is 5.34. The van der Waals surface area contributed by atoms with Gasteiger partial charge in [0.2, 0.25) is 0 Å². The van der Waals surface area contributed by atoms with E-state index < -0.39 is 42.5 Å². The number of esters is 2. The molecule has 7 rings (SSSR count). The normalized spacial score (nSPS) is 14.2. The number of carbonyl (C=O) groups excluding carboxylic acids is 4. The number of benzene rings is 6. The van der Waals surface area contributed by atoms with E-state index in [1.165, 1.54) is 44.9 Å². The molecule has 0 unspecified atom stereocenters. The second-order valence-electron chi connectivity index (χ2n) is 16.2. The van der Waals surface area contributed by atoms with Crippen LogP contribution in [0.3, 0.4) is 0 Å². The maximum absolute atomic E-state index is 14.4. The third-order valence-electron chi connectivity index (χ3n) is 11.9. The van der Waals surface area contributed by atoms with Crippen LogP contribution in [0, 0.1) is 5.92 Å². The molecule has 3 atom stereocenters. The summed E-state index contributed by atoms with van der Waals surface area (Å²) in [7, 11) is 0. The zero-order chi connectivity index (χ0) is 41.8. The lowest BCUT2D eigenvalue weighted by Crippen LogP contribution is -2.50. The average molecular weight is 802 g/mol. The quantitative estimate of drug-likeness (QED) is 0.0330. The summed E-state index contributed by atoms with van der Waals surface area (Å²) in [5.74, 6) is -1.49. The first kappa shape index (κ1) is 42.1. The number of hydrogen-bond donors (Lipinski definition) is 0. The number of hydrogen-bond acceptors (Lipinski definition) is 6. The van der Waals surface area contributed by atoms with Gasteiger partial charge in [0.1, 0.15) is 18.8 Å². The summed E-state index contributed by atoms with van der Waals surface area (Å²) in [6.07, 6.45) is 15.4. The molecular weight excluding hydrogens is 747 g/mol. The Labute approximate surface area is 353 Å². The van der Waals surface area contributed by atoms with E-state index in [4.69, 9.17) is 9.47 Å². The molecule has 2 amide bonds. The molecule has 1 heterocycles. The van der Waals surface area contributed by atoms with Crippen LogP contribution in [0.2, 0.25) is 0 Å². The van der Waals surface area contributed by atoms with Gasteiger partial charge in [-0.2, -0.15) is 0 Å². The van der Waals surface area contributed by atoms with Gasteiger partial charge in [-0.3, -0.25) is 14.5 Å². The Kier molecular flexibility index (Phi) is 14.2. The monoisotopic (exact) mass is 801 g/mol. The molecule has 0 N–H and O–H groups in total. The summed E-state index contributed by atoms with van der Waals surface area (Å²) in [4.78, 5) is 57.6. The van der Waals surface area contributed by atoms with Crippen LogP contribution < -0.4 is 0 Å². The van der Waals surface area contributed by atoms with Crippen LogP contribution in [0.25, 0.3) is 32.3 Å². The zero-order valence-corrected chi connectivity index (χ0v) is 34.8. The number of carbonyl (C=O) groups is 4. The molecular formula is C53H55NO6. The lowest BCUT2D eigenvalue weighted by molar-refractivity contribution is -0.00393. The van der Waals surface area contributed by atoms with Crippen molar-refractivity contribution < 1.29 is 28.7 Å². The number of unbranched alkanes of at least 4 members (excludes halogenated alkanes) is 8. The van der Waals surface area contributed by atoms with E-state index in [0.29, 0.717) is 11.1 Å². The SMILES string of the molecule is CC[C@@H](C)CCCCCCCCCC/C=C/[C@@H](OC(=O)c1ccc2ccccc2c1)[C@H](COC(=O)c1ccc2ccccc2c1)N1C(=O)c2cc3ccccc3cc2C1=O. The minimum absolute atomic E-state index is 0.253. The Bertz CT molecular complexity index is 2450. The molecule has 7 heteroatoms. The summed E-state index contributed by atoms with van der Waals surface area (Å²) in [6.45, 7) is 4.20. The molecule has 6 aromatic carbocycles. The number of imide groups is 1. The molecule has 0 saturated carbocycles. The second kappa shape index (κ2) is 20.3. The van der Waals surface area contributed by atoms with Crippen molar-refractivity contribution in [1.29, 1.82) is 0 Å². The second-order valence-corrected chi connectivity index (χ2v) is 16.2. The Morgan fingerprint density at radius 3 is 1.58 bits per heavy atom. The van der Waals surface area contributed by atoms with Crippen LogP contribution in [-0.2, 0) is 9.47 Å². The lowest BCUT2D eigenvalue weighted by Gasteiger charge is -2.31. The van der Waals surface area contributed by atoms with E-state index in [-0.39, 0.29) is 11.1 Å². The highest BCUT2D eigenvalue weighted by Crippen LogP contribution is 2.32. The number of ether oxygens (including phenoxy) is 2. The molecule has 0 bridgehead atoms.